The highest BCUT2D eigenvalue weighted by Gasteiger charge is 2.30. The molecule has 2 unspecified atom stereocenters. The standard InChI is InChI=1S/C16H25N3O/c1-4-13-7-6-12(3)19(13)10-16(20)18-15-8-5-11(2)9-14(15)17/h5,8-9,12-13H,4,6-7,10,17H2,1-3H3,(H,18,20). The largest absolute Gasteiger partial charge is 0.397 e. The molecule has 0 aliphatic carbocycles. The van der Waals surface area contributed by atoms with Gasteiger partial charge in [0, 0.05) is 12.1 Å². The van der Waals surface area contributed by atoms with Gasteiger partial charge in [-0.3, -0.25) is 9.69 Å². The number of carbonyl (C=O) groups excluding carboxylic acids is 1. The molecule has 1 aromatic rings. The summed E-state index contributed by atoms with van der Waals surface area (Å²) in [6.07, 6.45) is 3.47. The van der Waals surface area contributed by atoms with Crippen molar-refractivity contribution in [1.29, 1.82) is 0 Å². The molecular weight excluding hydrogens is 250 g/mol. The SMILES string of the molecule is CCC1CCC(C)N1CC(=O)Nc1ccc(C)cc1N. The first-order valence-electron chi connectivity index (χ1n) is 7.43. The highest BCUT2D eigenvalue weighted by Crippen LogP contribution is 2.26. The van der Waals surface area contributed by atoms with Crippen molar-refractivity contribution in [3.05, 3.63) is 23.8 Å². The molecule has 4 nitrogen and oxygen atoms in total. The van der Waals surface area contributed by atoms with Gasteiger partial charge in [0.1, 0.15) is 0 Å². The summed E-state index contributed by atoms with van der Waals surface area (Å²) in [7, 11) is 0. The fourth-order valence-electron chi connectivity index (χ4n) is 3.00. The number of hydrogen-bond acceptors (Lipinski definition) is 3. The van der Waals surface area contributed by atoms with Crippen LogP contribution in [0.1, 0.15) is 38.7 Å². The minimum Gasteiger partial charge on any atom is -0.397 e. The van der Waals surface area contributed by atoms with E-state index in [-0.39, 0.29) is 5.91 Å². The highest BCUT2D eigenvalue weighted by atomic mass is 16.2. The van der Waals surface area contributed by atoms with Gasteiger partial charge in [-0.2, -0.15) is 0 Å². The normalized spacial score (nSPS) is 22.9. The zero-order valence-corrected chi connectivity index (χ0v) is 12.6. The first-order valence-corrected chi connectivity index (χ1v) is 7.43. The van der Waals surface area contributed by atoms with E-state index < -0.39 is 0 Å². The fourth-order valence-corrected chi connectivity index (χ4v) is 3.00. The Kier molecular flexibility index (Phi) is 4.65. The predicted octanol–water partition coefficient (Wildman–Crippen LogP) is 2.78. The molecule has 1 fully saturated rings. The van der Waals surface area contributed by atoms with Crippen molar-refractivity contribution in [2.45, 2.75) is 52.1 Å². The molecule has 0 radical (unpaired) electrons. The average molecular weight is 275 g/mol. The van der Waals surface area contributed by atoms with Gasteiger partial charge in [0.2, 0.25) is 5.91 Å². The molecule has 1 aromatic carbocycles. The Balaban J connectivity index is 1.98. The smallest absolute Gasteiger partial charge is 0.238 e. The number of anilines is 2. The first-order chi connectivity index (χ1) is 9.51. The number of carbonyl (C=O) groups is 1. The number of likely N-dealkylation sites (tertiary alicyclic amines) is 1. The number of nitrogens with zero attached hydrogens (tertiary/aromatic N) is 1. The van der Waals surface area contributed by atoms with Crippen LogP contribution in [0.3, 0.4) is 0 Å². The van der Waals surface area contributed by atoms with E-state index in [1.165, 1.54) is 12.8 Å². The Morgan fingerprint density at radius 2 is 2.20 bits per heavy atom. The van der Waals surface area contributed by atoms with Crippen molar-refractivity contribution in [2.24, 2.45) is 0 Å². The molecule has 0 saturated carbocycles. The Bertz CT molecular complexity index is 487. The Hall–Kier alpha value is -1.55. The molecule has 0 spiro atoms. The monoisotopic (exact) mass is 275 g/mol. The second-order valence-corrected chi connectivity index (χ2v) is 5.80. The molecule has 0 aromatic heterocycles. The molecule has 1 aliphatic rings. The number of benzene rings is 1. The van der Waals surface area contributed by atoms with Crippen LogP contribution in [0.4, 0.5) is 11.4 Å². The molecule has 2 rings (SSSR count). The van der Waals surface area contributed by atoms with Crippen LogP contribution in [0.2, 0.25) is 0 Å². The summed E-state index contributed by atoms with van der Waals surface area (Å²) >= 11 is 0. The van der Waals surface area contributed by atoms with Crippen molar-refractivity contribution < 1.29 is 4.79 Å². The lowest BCUT2D eigenvalue weighted by Crippen LogP contribution is -2.40. The van der Waals surface area contributed by atoms with Crippen LogP contribution < -0.4 is 11.1 Å². The van der Waals surface area contributed by atoms with E-state index in [9.17, 15) is 4.79 Å². The molecule has 1 amide bonds. The molecule has 1 aliphatic heterocycles. The first kappa shape index (κ1) is 14.9. The third-order valence-corrected chi connectivity index (χ3v) is 4.23. The third-order valence-electron chi connectivity index (χ3n) is 4.23. The number of nitrogens with one attached hydrogen (secondary N) is 1. The van der Waals surface area contributed by atoms with Crippen LogP contribution in [0.15, 0.2) is 18.2 Å². The van der Waals surface area contributed by atoms with Crippen molar-refractivity contribution >= 4 is 17.3 Å². The second-order valence-electron chi connectivity index (χ2n) is 5.80. The molecular formula is C16H25N3O. The van der Waals surface area contributed by atoms with Crippen molar-refractivity contribution in [3.8, 4) is 0 Å². The summed E-state index contributed by atoms with van der Waals surface area (Å²) < 4.78 is 0. The van der Waals surface area contributed by atoms with E-state index in [2.05, 4.69) is 24.1 Å². The maximum absolute atomic E-state index is 12.2. The summed E-state index contributed by atoms with van der Waals surface area (Å²) in [6, 6.07) is 6.72. The summed E-state index contributed by atoms with van der Waals surface area (Å²) in [4.78, 5) is 14.5. The van der Waals surface area contributed by atoms with Gasteiger partial charge in [-0.25, -0.2) is 0 Å². The van der Waals surface area contributed by atoms with Crippen LogP contribution in [-0.4, -0.2) is 29.4 Å². The molecule has 3 N–H and O–H groups in total. The molecule has 1 heterocycles. The van der Waals surface area contributed by atoms with Crippen LogP contribution >= 0.6 is 0 Å². The van der Waals surface area contributed by atoms with Gasteiger partial charge in [-0.15, -0.1) is 0 Å². The summed E-state index contributed by atoms with van der Waals surface area (Å²) in [6.45, 7) is 6.82. The Morgan fingerprint density at radius 3 is 2.85 bits per heavy atom. The number of nitrogen functional groups attached to an aromatic ring is 1. The van der Waals surface area contributed by atoms with Gasteiger partial charge in [0.15, 0.2) is 0 Å². The lowest BCUT2D eigenvalue weighted by molar-refractivity contribution is -0.118. The molecule has 110 valence electrons. The molecule has 1 saturated heterocycles. The van der Waals surface area contributed by atoms with Crippen LogP contribution in [0, 0.1) is 6.92 Å². The van der Waals surface area contributed by atoms with Crippen LogP contribution in [-0.2, 0) is 4.79 Å². The van der Waals surface area contributed by atoms with E-state index in [1.807, 2.05) is 25.1 Å². The van der Waals surface area contributed by atoms with E-state index in [0.29, 0.717) is 30.0 Å². The maximum atomic E-state index is 12.2. The van der Waals surface area contributed by atoms with Crippen LogP contribution in [0.5, 0.6) is 0 Å². The number of rotatable bonds is 4. The number of amides is 1. The zero-order chi connectivity index (χ0) is 14.7. The third kappa shape index (κ3) is 3.31. The van der Waals surface area contributed by atoms with Crippen molar-refractivity contribution in [2.75, 3.05) is 17.6 Å². The second kappa shape index (κ2) is 6.27. The summed E-state index contributed by atoms with van der Waals surface area (Å²) in [5.74, 6) is 0.0211. The molecule has 20 heavy (non-hydrogen) atoms. The minimum absolute atomic E-state index is 0.0211. The lowest BCUT2D eigenvalue weighted by Gasteiger charge is -2.27. The van der Waals surface area contributed by atoms with Crippen molar-refractivity contribution in [3.63, 3.8) is 0 Å². The Labute approximate surface area is 121 Å². The van der Waals surface area contributed by atoms with E-state index in [1.54, 1.807) is 0 Å². The van der Waals surface area contributed by atoms with Gasteiger partial charge in [0.25, 0.3) is 0 Å². The summed E-state index contributed by atoms with van der Waals surface area (Å²) in [5.41, 5.74) is 8.36. The average Bonchev–Trinajstić information content (AvgIpc) is 2.74. The van der Waals surface area contributed by atoms with Gasteiger partial charge < -0.3 is 11.1 Å². The predicted molar refractivity (Wildman–Crippen MR) is 83.7 cm³/mol. The van der Waals surface area contributed by atoms with Gasteiger partial charge in [-0.1, -0.05) is 13.0 Å². The van der Waals surface area contributed by atoms with Crippen molar-refractivity contribution in [1.82, 2.24) is 4.90 Å². The zero-order valence-electron chi connectivity index (χ0n) is 12.6. The summed E-state index contributed by atoms with van der Waals surface area (Å²) in [5, 5.41) is 2.92. The number of hydrogen-bond donors (Lipinski definition) is 2. The quantitative estimate of drug-likeness (QED) is 0.831. The van der Waals surface area contributed by atoms with E-state index in [4.69, 9.17) is 5.73 Å². The fraction of sp³-hybridized carbons (Fsp3) is 0.562. The molecule has 2 atom stereocenters. The number of aryl methyl sites for hydroxylation is 1. The maximum Gasteiger partial charge on any atom is 0.238 e. The van der Waals surface area contributed by atoms with Gasteiger partial charge in [0.05, 0.1) is 17.9 Å². The Morgan fingerprint density at radius 1 is 1.45 bits per heavy atom. The van der Waals surface area contributed by atoms with Crippen LogP contribution in [0.25, 0.3) is 0 Å². The topological polar surface area (TPSA) is 58.4 Å². The molecule has 0 bridgehead atoms. The lowest BCUT2D eigenvalue weighted by atomic mass is 10.1. The van der Waals surface area contributed by atoms with Gasteiger partial charge in [-0.05, 0) is 50.8 Å². The number of nitrogens with two attached hydrogens (primary N) is 1. The molecule has 4 heteroatoms. The van der Waals surface area contributed by atoms with E-state index >= 15 is 0 Å². The highest BCUT2D eigenvalue weighted by molar-refractivity contribution is 5.95. The van der Waals surface area contributed by atoms with E-state index in [0.717, 1.165) is 12.0 Å². The van der Waals surface area contributed by atoms with Gasteiger partial charge >= 0.3 is 0 Å². The minimum atomic E-state index is 0.0211.